The van der Waals surface area contributed by atoms with E-state index in [-0.39, 0.29) is 5.41 Å². The molecule has 2 saturated carbocycles. The van der Waals surface area contributed by atoms with E-state index in [0.717, 1.165) is 24.0 Å². The van der Waals surface area contributed by atoms with Crippen LogP contribution in [-0.4, -0.2) is 19.9 Å². The standard InChI is InChI=1S/C21H29NO2/c1-21-12-11-16-17(19(21)5-4-6-20(21)22-24-3)10-8-14-7-9-15(23-2)13-18(14)16/h7,9,13,16-17,19H,4-6,8,10-12H2,1-3H3/b22-20+/t16-,17+,19-,21-/m0/s1. The zero-order valence-corrected chi connectivity index (χ0v) is 15.2. The molecule has 3 aliphatic carbocycles. The summed E-state index contributed by atoms with van der Waals surface area (Å²) in [6.45, 7) is 2.45. The first kappa shape index (κ1) is 16.0. The topological polar surface area (TPSA) is 30.8 Å². The Labute approximate surface area is 145 Å². The van der Waals surface area contributed by atoms with Gasteiger partial charge in [-0.3, -0.25) is 0 Å². The van der Waals surface area contributed by atoms with Crippen molar-refractivity contribution >= 4 is 5.71 Å². The molecular formula is C21H29NO2. The van der Waals surface area contributed by atoms with Crippen molar-refractivity contribution in [3.05, 3.63) is 29.3 Å². The van der Waals surface area contributed by atoms with Gasteiger partial charge in [0.25, 0.3) is 0 Å². The van der Waals surface area contributed by atoms with Gasteiger partial charge in [-0.2, -0.15) is 0 Å². The minimum atomic E-state index is 0.242. The van der Waals surface area contributed by atoms with Crippen LogP contribution in [0.15, 0.2) is 23.4 Å². The fourth-order valence-corrected chi connectivity index (χ4v) is 5.92. The molecule has 0 radical (unpaired) electrons. The highest BCUT2D eigenvalue weighted by Gasteiger charge is 2.51. The van der Waals surface area contributed by atoms with Crippen LogP contribution in [0.2, 0.25) is 0 Å². The van der Waals surface area contributed by atoms with Gasteiger partial charge in [-0.15, -0.1) is 0 Å². The van der Waals surface area contributed by atoms with E-state index in [2.05, 4.69) is 30.3 Å². The third kappa shape index (κ3) is 2.35. The van der Waals surface area contributed by atoms with E-state index in [0.29, 0.717) is 5.92 Å². The predicted octanol–water partition coefficient (Wildman–Crippen LogP) is 4.94. The molecule has 3 nitrogen and oxygen atoms in total. The summed E-state index contributed by atoms with van der Waals surface area (Å²) < 4.78 is 5.50. The summed E-state index contributed by atoms with van der Waals surface area (Å²) in [4.78, 5) is 5.19. The lowest BCUT2D eigenvalue weighted by atomic mass is 9.50. The molecule has 130 valence electrons. The Morgan fingerprint density at radius 2 is 2.00 bits per heavy atom. The molecule has 2 fully saturated rings. The lowest BCUT2D eigenvalue weighted by Gasteiger charge is -2.54. The molecule has 3 heteroatoms. The monoisotopic (exact) mass is 327 g/mol. The third-order valence-corrected chi connectivity index (χ3v) is 7.12. The molecule has 0 aliphatic heterocycles. The molecule has 0 bridgehead atoms. The second kappa shape index (κ2) is 6.09. The number of methoxy groups -OCH3 is 1. The first-order valence-corrected chi connectivity index (χ1v) is 9.44. The summed E-state index contributed by atoms with van der Waals surface area (Å²) >= 11 is 0. The van der Waals surface area contributed by atoms with Gasteiger partial charge in [0, 0.05) is 5.41 Å². The van der Waals surface area contributed by atoms with Crippen LogP contribution in [0.4, 0.5) is 0 Å². The summed E-state index contributed by atoms with van der Waals surface area (Å²) in [6, 6.07) is 6.72. The fourth-order valence-electron chi connectivity index (χ4n) is 5.92. The van der Waals surface area contributed by atoms with E-state index < -0.39 is 0 Å². The Bertz CT molecular complexity index is 653. The average molecular weight is 327 g/mol. The minimum Gasteiger partial charge on any atom is -0.497 e. The van der Waals surface area contributed by atoms with Gasteiger partial charge in [0.2, 0.25) is 0 Å². The predicted molar refractivity (Wildman–Crippen MR) is 96.7 cm³/mol. The smallest absolute Gasteiger partial charge is 0.119 e. The van der Waals surface area contributed by atoms with Gasteiger partial charge in [0.15, 0.2) is 0 Å². The molecule has 1 aromatic rings. The average Bonchev–Trinajstić information content (AvgIpc) is 2.61. The van der Waals surface area contributed by atoms with Crippen molar-refractivity contribution in [3.63, 3.8) is 0 Å². The van der Waals surface area contributed by atoms with Gasteiger partial charge in [-0.1, -0.05) is 18.1 Å². The summed E-state index contributed by atoms with van der Waals surface area (Å²) in [5, 5.41) is 4.45. The van der Waals surface area contributed by atoms with Gasteiger partial charge in [0.05, 0.1) is 12.8 Å². The molecule has 0 N–H and O–H groups in total. The highest BCUT2D eigenvalue weighted by Crippen LogP contribution is 2.58. The molecule has 4 atom stereocenters. The van der Waals surface area contributed by atoms with Crippen LogP contribution in [0.1, 0.15) is 62.5 Å². The first-order valence-electron chi connectivity index (χ1n) is 9.44. The van der Waals surface area contributed by atoms with Gasteiger partial charge < -0.3 is 9.57 Å². The number of oxime groups is 1. The molecule has 0 amide bonds. The zero-order chi connectivity index (χ0) is 16.7. The summed E-state index contributed by atoms with van der Waals surface area (Å²) in [6.07, 6.45) is 8.76. The highest BCUT2D eigenvalue weighted by molar-refractivity contribution is 5.90. The van der Waals surface area contributed by atoms with Crippen LogP contribution >= 0.6 is 0 Å². The SMILES string of the molecule is CO/N=C1\CCC[C@H]2[C@@H]3CCc4ccc(OC)cc4[C@H]3CC[C@]12C. The van der Waals surface area contributed by atoms with Crippen LogP contribution in [0.3, 0.4) is 0 Å². The number of rotatable bonds is 2. The molecule has 1 aromatic carbocycles. The fraction of sp³-hybridized carbons (Fsp3) is 0.667. The largest absolute Gasteiger partial charge is 0.497 e. The van der Waals surface area contributed by atoms with E-state index >= 15 is 0 Å². The van der Waals surface area contributed by atoms with Crippen LogP contribution in [-0.2, 0) is 11.3 Å². The Morgan fingerprint density at radius 3 is 2.79 bits per heavy atom. The van der Waals surface area contributed by atoms with Crippen molar-refractivity contribution in [2.45, 2.75) is 57.8 Å². The lowest BCUT2D eigenvalue weighted by Crippen LogP contribution is -2.49. The molecule has 0 aromatic heterocycles. The molecule has 0 saturated heterocycles. The molecule has 4 rings (SSSR count). The number of benzene rings is 1. The second-order valence-electron chi connectivity index (χ2n) is 8.05. The Morgan fingerprint density at radius 1 is 1.12 bits per heavy atom. The van der Waals surface area contributed by atoms with Crippen LogP contribution in [0.5, 0.6) is 5.75 Å². The quantitative estimate of drug-likeness (QED) is 0.720. The van der Waals surface area contributed by atoms with Gasteiger partial charge in [-0.05, 0) is 86.0 Å². The van der Waals surface area contributed by atoms with Gasteiger partial charge in [0.1, 0.15) is 12.9 Å². The minimum absolute atomic E-state index is 0.242. The molecule has 0 spiro atoms. The Balaban J connectivity index is 1.69. The molecular weight excluding hydrogens is 298 g/mol. The van der Waals surface area contributed by atoms with Crippen LogP contribution in [0, 0.1) is 17.3 Å². The summed E-state index contributed by atoms with van der Waals surface area (Å²) in [7, 11) is 3.46. The summed E-state index contributed by atoms with van der Waals surface area (Å²) in [5.41, 5.74) is 4.66. The molecule has 0 heterocycles. The number of hydrogen-bond acceptors (Lipinski definition) is 3. The lowest BCUT2D eigenvalue weighted by molar-refractivity contribution is 0.0581. The van der Waals surface area contributed by atoms with E-state index in [1.165, 1.54) is 44.2 Å². The first-order chi connectivity index (χ1) is 11.7. The zero-order valence-electron chi connectivity index (χ0n) is 15.2. The maximum absolute atomic E-state index is 5.50. The molecule has 0 unspecified atom stereocenters. The van der Waals surface area contributed by atoms with Gasteiger partial charge >= 0.3 is 0 Å². The van der Waals surface area contributed by atoms with Crippen molar-refractivity contribution in [1.29, 1.82) is 0 Å². The van der Waals surface area contributed by atoms with E-state index in [1.54, 1.807) is 25.3 Å². The van der Waals surface area contributed by atoms with Gasteiger partial charge in [-0.25, -0.2) is 0 Å². The Kier molecular flexibility index (Phi) is 4.06. The Hall–Kier alpha value is -1.51. The van der Waals surface area contributed by atoms with Crippen molar-refractivity contribution in [1.82, 2.24) is 0 Å². The van der Waals surface area contributed by atoms with Crippen molar-refractivity contribution < 1.29 is 9.57 Å². The number of hydrogen-bond donors (Lipinski definition) is 0. The number of aryl methyl sites for hydroxylation is 1. The summed E-state index contributed by atoms with van der Waals surface area (Å²) in [5.74, 6) is 3.24. The van der Waals surface area contributed by atoms with E-state index in [4.69, 9.17) is 9.57 Å². The van der Waals surface area contributed by atoms with Crippen LogP contribution < -0.4 is 4.74 Å². The molecule has 24 heavy (non-hydrogen) atoms. The van der Waals surface area contributed by atoms with Crippen LogP contribution in [0.25, 0.3) is 0 Å². The van der Waals surface area contributed by atoms with E-state index in [1.807, 2.05) is 0 Å². The second-order valence-corrected chi connectivity index (χ2v) is 8.05. The number of nitrogens with zero attached hydrogens (tertiary/aromatic N) is 1. The van der Waals surface area contributed by atoms with Crippen molar-refractivity contribution in [2.24, 2.45) is 22.4 Å². The van der Waals surface area contributed by atoms with Crippen molar-refractivity contribution in [3.8, 4) is 5.75 Å². The third-order valence-electron chi connectivity index (χ3n) is 7.12. The van der Waals surface area contributed by atoms with Crippen molar-refractivity contribution in [2.75, 3.05) is 14.2 Å². The highest BCUT2D eigenvalue weighted by atomic mass is 16.6. The number of fused-ring (bicyclic) bond motifs is 5. The maximum Gasteiger partial charge on any atom is 0.119 e. The number of ether oxygens (including phenoxy) is 1. The molecule has 3 aliphatic rings. The normalized spacial score (nSPS) is 36.5. The maximum atomic E-state index is 5.50. The van der Waals surface area contributed by atoms with E-state index in [9.17, 15) is 0 Å².